The number of hydrogen-bond acceptors (Lipinski definition) is 3. The topological polar surface area (TPSA) is 88.4 Å². The van der Waals surface area contributed by atoms with E-state index in [1.807, 2.05) is 23.8 Å². The molecule has 0 unspecified atom stereocenters. The zero-order valence-corrected chi connectivity index (χ0v) is 15.1. The van der Waals surface area contributed by atoms with Gasteiger partial charge >= 0.3 is 5.97 Å². The fourth-order valence-corrected chi connectivity index (χ4v) is 4.00. The lowest BCUT2D eigenvalue weighted by Crippen LogP contribution is -2.15. The van der Waals surface area contributed by atoms with Gasteiger partial charge in [0.25, 0.3) is 10.0 Å². The lowest BCUT2D eigenvalue weighted by atomic mass is 10.2. The Morgan fingerprint density at radius 2 is 2.00 bits per heavy atom. The molecule has 9 heteroatoms. The number of fused-ring (bicyclic) bond motifs is 1. The molecule has 0 saturated carbocycles. The van der Waals surface area contributed by atoms with Crippen molar-refractivity contribution >= 4 is 44.2 Å². The smallest absolute Gasteiger partial charge is 0.338 e. The number of anilines is 1. The second-order valence-corrected chi connectivity index (χ2v) is 7.64. The molecular formula is C17H14ClFN2O4S. The molecule has 136 valence electrons. The molecule has 0 amide bonds. The monoisotopic (exact) mass is 396 g/mol. The lowest BCUT2D eigenvalue weighted by Gasteiger charge is -2.11. The van der Waals surface area contributed by atoms with E-state index < -0.39 is 37.3 Å². The molecule has 0 aliphatic heterocycles. The van der Waals surface area contributed by atoms with Crippen molar-refractivity contribution in [2.24, 2.45) is 0 Å². The highest BCUT2D eigenvalue weighted by molar-refractivity contribution is 7.92. The first kappa shape index (κ1) is 18.2. The van der Waals surface area contributed by atoms with Gasteiger partial charge in [-0.15, -0.1) is 0 Å². The van der Waals surface area contributed by atoms with E-state index in [0.29, 0.717) is 5.69 Å². The third-order valence-corrected chi connectivity index (χ3v) is 5.55. The quantitative estimate of drug-likeness (QED) is 0.683. The van der Waals surface area contributed by atoms with Crippen LogP contribution >= 0.6 is 11.6 Å². The van der Waals surface area contributed by atoms with Gasteiger partial charge in [0.15, 0.2) is 5.82 Å². The first-order valence-electron chi connectivity index (χ1n) is 7.57. The number of carbonyl (C=O) groups is 1. The van der Waals surface area contributed by atoms with Crippen LogP contribution in [0.4, 0.5) is 10.1 Å². The number of nitrogens with zero attached hydrogens (tertiary/aromatic N) is 1. The second kappa shape index (κ2) is 6.62. The molecule has 6 nitrogen and oxygen atoms in total. The van der Waals surface area contributed by atoms with Gasteiger partial charge in [0.2, 0.25) is 0 Å². The summed E-state index contributed by atoms with van der Waals surface area (Å²) >= 11 is 5.64. The number of aryl methyl sites for hydroxylation is 1. The van der Waals surface area contributed by atoms with E-state index in [1.54, 1.807) is 18.2 Å². The fourth-order valence-electron chi connectivity index (χ4n) is 2.61. The molecule has 0 spiro atoms. The Hall–Kier alpha value is -2.58. The zero-order chi connectivity index (χ0) is 19.1. The molecule has 3 aromatic rings. The highest BCUT2D eigenvalue weighted by Crippen LogP contribution is 2.27. The summed E-state index contributed by atoms with van der Waals surface area (Å²) < 4.78 is 43.2. The molecule has 0 fully saturated rings. The van der Waals surface area contributed by atoms with Gasteiger partial charge < -0.3 is 9.67 Å². The second-order valence-electron chi connectivity index (χ2n) is 5.55. The van der Waals surface area contributed by atoms with Crippen LogP contribution in [0.1, 0.15) is 17.3 Å². The van der Waals surface area contributed by atoms with Crippen LogP contribution in [0.3, 0.4) is 0 Å². The highest BCUT2D eigenvalue weighted by atomic mass is 35.5. The minimum Gasteiger partial charge on any atom is -0.478 e. The van der Waals surface area contributed by atoms with Crippen molar-refractivity contribution in [2.75, 3.05) is 4.72 Å². The predicted octanol–water partition coefficient (Wildman–Crippen LogP) is 3.95. The van der Waals surface area contributed by atoms with Crippen molar-refractivity contribution < 1.29 is 22.7 Å². The van der Waals surface area contributed by atoms with Gasteiger partial charge in [0, 0.05) is 12.7 Å². The molecular weight excluding hydrogens is 383 g/mol. The fraction of sp³-hybridized carbons (Fsp3) is 0.118. The minimum absolute atomic E-state index is 0.295. The largest absolute Gasteiger partial charge is 0.478 e. The average Bonchev–Trinajstić information content (AvgIpc) is 2.98. The molecule has 1 aromatic heterocycles. The van der Waals surface area contributed by atoms with Crippen LogP contribution in [0.2, 0.25) is 5.02 Å². The van der Waals surface area contributed by atoms with Crippen LogP contribution < -0.4 is 4.72 Å². The van der Waals surface area contributed by atoms with E-state index in [0.717, 1.165) is 29.6 Å². The first-order chi connectivity index (χ1) is 12.2. The Bertz CT molecular complexity index is 1130. The molecule has 26 heavy (non-hydrogen) atoms. The number of benzene rings is 2. The van der Waals surface area contributed by atoms with Crippen molar-refractivity contribution in [3.63, 3.8) is 0 Å². The van der Waals surface area contributed by atoms with Crippen LogP contribution in [0.15, 0.2) is 47.5 Å². The molecule has 0 aliphatic carbocycles. The van der Waals surface area contributed by atoms with E-state index in [4.69, 9.17) is 16.7 Å². The van der Waals surface area contributed by atoms with Crippen molar-refractivity contribution in [2.45, 2.75) is 18.4 Å². The number of carboxylic acids is 1. The molecule has 3 rings (SSSR count). The Kier molecular flexibility index (Phi) is 4.64. The maximum atomic E-state index is 13.7. The van der Waals surface area contributed by atoms with Crippen molar-refractivity contribution in [1.82, 2.24) is 4.57 Å². The summed E-state index contributed by atoms with van der Waals surface area (Å²) in [5.41, 5.74) is 0.326. The summed E-state index contributed by atoms with van der Waals surface area (Å²) in [6.07, 6.45) is 1.89. The van der Waals surface area contributed by atoms with Crippen molar-refractivity contribution in [3.8, 4) is 0 Å². The third-order valence-electron chi connectivity index (χ3n) is 3.91. The van der Waals surface area contributed by atoms with E-state index in [2.05, 4.69) is 4.72 Å². The SMILES string of the molecule is CCn1ccc2ccc(NS(=O)(=O)c3cc(Cl)c(F)c(C(=O)O)c3)cc21. The van der Waals surface area contributed by atoms with Crippen molar-refractivity contribution in [1.29, 1.82) is 0 Å². The average molecular weight is 397 g/mol. The van der Waals surface area contributed by atoms with Gasteiger partial charge in [-0.05, 0) is 42.6 Å². The van der Waals surface area contributed by atoms with E-state index in [1.165, 1.54) is 0 Å². The normalized spacial score (nSPS) is 11.7. The number of aromatic carboxylic acids is 1. The van der Waals surface area contributed by atoms with Gasteiger partial charge in [-0.2, -0.15) is 0 Å². The van der Waals surface area contributed by atoms with Gasteiger partial charge in [-0.1, -0.05) is 17.7 Å². The van der Waals surface area contributed by atoms with Crippen molar-refractivity contribution in [3.05, 3.63) is 59.0 Å². The standard InChI is InChI=1S/C17H14ClFN2O4S/c1-2-21-6-5-10-3-4-11(7-15(10)21)20-26(24,25)12-8-13(17(22)23)16(19)14(18)9-12/h3-9,20H,2H2,1H3,(H,22,23). The molecule has 0 saturated heterocycles. The van der Waals surface area contributed by atoms with E-state index >= 15 is 0 Å². The number of hydrogen-bond donors (Lipinski definition) is 2. The molecule has 0 radical (unpaired) electrons. The van der Waals surface area contributed by atoms with E-state index in [-0.39, 0.29) is 0 Å². The summed E-state index contributed by atoms with van der Waals surface area (Å²) in [7, 11) is -4.15. The highest BCUT2D eigenvalue weighted by Gasteiger charge is 2.22. The Morgan fingerprint density at radius 1 is 1.27 bits per heavy atom. The summed E-state index contributed by atoms with van der Waals surface area (Å²) in [5.74, 6) is -2.79. The molecule has 0 atom stereocenters. The van der Waals surface area contributed by atoms with Gasteiger partial charge in [0.05, 0.1) is 26.7 Å². The Balaban J connectivity index is 2.03. The molecule has 0 aliphatic rings. The number of carboxylic acid groups (broad SMARTS) is 1. The third kappa shape index (κ3) is 3.25. The Morgan fingerprint density at radius 3 is 2.65 bits per heavy atom. The van der Waals surface area contributed by atoms with Gasteiger partial charge in [-0.25, -0.2) is 17.6 Å². The summed E-state index contributed by atoms with van der Waals surface area (Å²) in [5, 5.41) is 9.37. The molecule has 2 N–H and O–H groups in total. The van der Waals surface area contributed by atoms with Gasteiger partial charge in [-0.3, -0.25) is 4.72 Å². The van der Waals surface area contributed by atoms with Crippen LogP contribution in [0.5, 0.6) is 0 Å². The summed E-state index contributed by atoms with van der Waals surface area (Å²) in [4.78, 5) is 10.6. The summed E-state index contributed by atoms with van der Waals surface area (Å²) in [6.45, 7) is 2.68. The van der Waals surface area contributed by atoms with Crippen LogP contribution in [0, 0.1) is 5.82 Å². The maximum Gasteiger partial charge on any atom is 0.338 e. The zero-order valence-electron chi connectivity index (χ0n) is 13.5. The number of nitrogens with one attached hydrogen (secondary N) is 1. The van der Waals surface area contributed by atoms with E-state index in [9.17, 15) is 17.6 Å². The molecule has 0 bridgehead atoms. The number of halogens is 2. The summed E-state index contributed by atoms with van der Waals surface area (Å²) in [6, 6.07) is 8.54. The first-order valence-corrected chi connectivity index (χ1v) is 9.43. The maximum absolute atomic E-state index is 13.7. The number of rotatable bonds is 5. The number of sulfonamides is 1. The predicted molar refractivity (Wildman–Crippen MR) is 96.8 cm³/mol. The lowest BCUT2D eigenvalue weighted by molar-refractivity contribution is 0.0691. The van der Waals surface area contributed by atoms with Crippen LogP contribution in [-0.2, 0) is 16.6 Å². The van der Waals surface area contributed by atoms with Crippen LogP contribution in [-0.4, -0.2) is 24.1 Å². The molecule has 2 aromatic carbocycles. The van der Waals surface area contributed by atoms with Crippen LogP contribution in [0.25, 0.3) is 10.9 Å². The van der Waals surface area contributed by atoms with Gasteiger partial charge in [0.1, 0.15) is 0 Å². The molecule has 1 heterocycles. The Labute approximate surface area is 153 Å². The minimum atomic E-state index is -4.15. The number of aromatic nitrogens is 1.